The van der Waals surface area contributed by atoms with Gasteiger partial charge in [-0.05, 0) is 37.1 Å². The van der Waals surface area contributed by atoms with Crippen LogP contribution in [0.25, 0.3) is 0 Å². The largest absolute Gasteiger partial charge is 0.478 e. The molecular formula is C11H12F2O3. The Labute approximate surface area is 91.3 Å². The normalized spacial score (nSPS) is 11.6. The van der Waals surface area contributed by atoms with Crippen molar-refractivity contribution >= 4 is 5.97 Å². The molecule has 0 fully saturated rings. The van der Waals surface area contributed by atoms with Gasteiger partial charge < -0.3 is 10.2 Å². The number of aryl methyl sites for hydroxylation is 1. The zero-order valence-corrected chi connectivity index (χ0v) is 8.92. The third kappa shape index (κ3) is 2.19. The summed E-state index contributed by atoms with van der Waals surface area (Å²) in [6.45, 7) is 1.69. The first kappa shape index (κ1) is 12.6. The van der Waals surface area contributed by atoms with Crippen molar-refractivity contribution in [2.75, 3.05) is 6.61 Å². The SMILES string of the molecule is Cc1cc(C(=O)O)cc(C(F)(F)CO)c1C. The number of hydrogen-bond donors (Lipinski definition) is 2. The van der Waals surface area contributed by atoms with E-state index in [0.717, 1.165) is 6.07 Å². The summed E-state index contributed by atoms with van der Waals surface area (Å²) in [5.74, 6) is -4.68. The number of benzene rings is 1. The molecule has 0 bridgehead atoms. The van der Waals surface area contributed by atoms with Crippen LogP contribution in [-0.2, 0) is 5.92 Å². The Morgan fingerprint density at radius 1 is 1.38 bits per heavy atom. The second kappa shape index (κ2) is 4.17. The van der Waals surface area contributed by atoms with Crippen molar-refractivity contribution in [1.29, 1.82) is 0 Å². The van der Waals surface area contributed by atoms with Gasteiger partial charge in [0.15, 0.2) is 0 Å². The van der Waals surface area contributed by atoms with Gasteiger partial charge in [0.2, 0.25) is 0 Å². The summed E-state index contributed by atoms with van der Waals surface area (Å²) >= 11 is 0. The minimum atomic E-state index is -3.42. The van der Waals surface area contributed by atoms with E-state index in [1.165, 1.54) is 13.0 Å². The lowest BCUT2D eigenvalue weighted by Gasteiger charge is -2.18. The standard InChI is InChI=1S/C11H12F2O3/c1-6-3-8(10(15)16)4-9(7(6)2)11(12,13)5-14/h3-4,14H,5H2,1-2H3,(H,15,16). The monoisotopic (exact) mass is 230 g/mol. The Morgan fingerprint density at radius 2 is 1.94 bits per heavy atom. The van der Waals surface area contributed by atoms with Crippen molar-refractivity contribution in [2.24, 2.45) is 0 Å². The van der Waals surface area contributed by atoms with E-state index in [4.69, 9.17) is 10.2 Å². The quantitative estimate of drug-likeness (QED) is 0.835. The highest BCUT2D eigenvalue weighted by Gasteiger charge is 2.33. The van der Waals surface area contributed by atoms with Crippen molar-refractivity contribution < 1.29 is 23.8 Å². The molecule has 0 spiro atoms. The first-order valence-electron chi connectivity index (χ1n) is 4.63. The summed E-state index contributed by atoms with van der Waals surface area (Å²) in [6, 6.07) is 2.23. The summed E-state index contributed by atoms with van der Waals surface area (Å²) in [5.41, 5.74) is 0.116. The van der Waals surface area contributed by atoms with Crippen LogP contribution in [0.1, 0.15) is 27.0 Å². The number of hydrogen-bond acceptors (Lipinski definition) is 2. The lowest BCUT2D eigenvalue weighted by atomic mass is 9.95. The Hall–Kier alpha value is -1.49. The van der Waals surface area contributed by atoms with Crippen molar-refractivity contribution in [2.45, 2.75) is 19.8 Å². The van der Waals surface area contributed by atoms with E-state index in [-0.39, 0.29) is 5.56 Å². The second-order valence-electron chi connectivity index (χ2n) is 3.63. The first-order chi connectivity index (χ1) is 7.29. The topological polar surface area (TPSA) is 57.5 Å². The van der Waals surface area contributed by atoms with Crippen LogP contribution >= 0.6 is 0 Å². The number of carboxylic acids is 1. The molecule has 1 aromatic rings. The van der Waals surface area contributed by atoms with E-state index in [0.29, 0.717) is 11.1 Å². The smallest absolute Gasteiger partial charge is 0.335 e. The van der Waals surface area contributed by atoms with Crippen LogP contribution in [0.2, 0.25) is 0 Å². The van der Waals surface area contributed by atoms with Gasteiger partial charge in [0.25, 0.3) is 5.92 Å². The van der Waals surface area contributed by atoms with E-state index in [9.17, 15) is 13.6 Å². The zero-order valence-electron chi connectivity index (χ0n) is 8.92. The van der Waals surface area contributed by atoms with Crippen LogP contribution in [-0.4, -0.2) is 22.8 Å². The van der Waals surface area contributed by atoms with Gasteiger partial charge in [0.1, 0.15) is 6.61 Å². The van der Waals surface area contributed by atoms with Crippen molar-refractivity contribution in [3.05, 3.63) is 34.4 Å². The van der Waals surface area contributed by atoms with Crippen LogP contribution in [0.15, 0.2) is 12.1 Å². The molecule has 0 saturated heterocycles. The second-order valence-corrected chi connectivity index (χ2v) is 3.63. The summed E-state index contributed by atoms with van der Waals surface area (Å²) in [4.78, 5) is 10.7. The van der Waals surface area contributed by atoms with Crippen LogP contribution in [0, 0.1) is 13.8 Å². The van der Waals surface area contributed by atoms with Gasteiger partial charge in [0.05, 0.1) is 5.56 Å². The average molecular weight is 230 g/mol. The predicted octanol–water partition coefficient (Wildman–Crippen LogP) is 2.09. The molecule has 0 aromatic heterocycles. The van der Waals surface area contributed by atoms with Gasteiger partial charge in [-0.3, -0.25) is 0 Å². The molecule has 0 atom stereocenters. The maximum absolute atomic E-state index is 13.3. The number of alkyl halides is 2. The molecular weight excluding hydrogens is 218 g/mol. The Bertz CT molecular complexity index is 427. The Kier molecular flexibility index (Phi) is 3.28. The highest BCUT2D eigenvalue weighted by Crippen LogP contribution is 2.32. The zero-order chi connectivity index (χ0) is 12.5. The molecule has 1 rings (SSSR count). The van der Waals surface area contributed by atoms with E-state index in [1.54, 1.807) is 6.92 Å². The molecule has 0 aliphatic heterocycles. The number of aliphatic hydroxyl groups excluding tert-OH is 1. The molecule has 1 aromatic carbocycles. The van der Waals surface area contributed by atoms with E-state index in [2.05, 4.69) is 0 Å². The fraction of sp³-hybridized carbons (Fsp3) is 0.364. The maximum Gasteiger partial charge on any atom is 0.335 e. The average Bonchev–Trinajstić information content (AvgIpc) is 2.21. The number of carbonyl (C=O) groups is 1. The molecule has 0 heterocycles. The predicted molar refractivity (Wildman–Crippen MR) is 53.9 cm³/mol. The van der Waals surface area contributed by atoms with Crippen molar-refractivity contribution in [1.82, 2.24) is 0 Å². The first-order valence-corrected chi connectivity index (χ1v) is 4.63. The number of rotatable bonds is 3. The van der Waals surface area contributed by atoms with Crippen LogP contribution in [0.5, 0.6) is 0 Å². The van der Waals surface area contributed by atoms with Gasteiger partial charge in [-0.15, -0.1) is 0 Å². The fourth-order valence-corrected chi connectivity index (χ4v) is 1.45. The van der Waals surface area contributed by atoms with Gasteiger partial charge in [-0.1, -0.05) is 0 Å². The highest BCUT2D eigenvalue weighted by molar-refractivity contribution is 5.88. The molecule has 0 unspecified atom stereocenters. The summed E-state index contributed by atoms with van der Waals surface area (Å²) < 4.78 is 26.7. The summed E-state index contributed by atoms with van der Waals surface area (Å²) in [6.07, 6.45) is 0. The lowest BCUT2D eigenvalue weighted by Crippen LogP contribution is -2.21. The minimum Gasteiger partial charge on any atom is -0.478 e. The Morgan fingerprint density at radius 3 is 2.38 bits per heavy atom. The molecule has 88 valence electrons. The van der Waals surface area contributed by atoms with Gasteiger partial charge in [-0.25, -0.2) is 4.79 Å². The molecule has 5 heteroatoms. The maximum atomic E-state index is 13.3. The number of aromatic carboxylic acids is 1. The molecule has 2 N–H and O–H groups in total. The minimum absolute atomic E-state index is 0.203. The Balaban J connectivity index is 3.44. The number of aliphatic hydroxyl groups is 1. The van der Waals surface area contributed by atoms with E-state index < -0.39 is 24.1 Å². The third-order valence-electron chi connectivity index (χ3n) is 2.51. The van der Waals surface area contributed by atoms with Gasteiger partial charge in [0, 0.05) is 5.56 Å². The van der Waals surface area contributed by atoms with Crippen molar-refractivity contribution in [3.63, 3.8) is 0 Å². The number of halogens is 2. The fourth-order valence-electron chi connectivity index (χ4n) is 1.45. The highest BCUT2D eigenvalue weighted by atomic mass is 19.3. The van der Waals surface area contributed by atoms with Crippen molar-refractivity contribution in [3.8, 4) is 0 Å². The molecule has 0 saturated carbocycles. The molecule has 3 nitrogen and oxygen atoms in total. The van der Waals surface area contributed by atoms with Gasteiger partial charge in [-0.2, -0.15) is 8.78 Å². The molecule has 0 radical (unpaired) electrons. The van der Waals surface area contributed by atoms with Crippen LogP contribution < -0.4 is 0 Å². The van der Waals surface area contributed by atoms with Crippen LogP contribution in [0.3, 0.4) is 0 Å². The molecule has 0 aliphatic rings. The third-order valence-corrected chi connectivity index (χ3v) is 2.51. The van der Waals surface area contributed by atoms with E-state index >= 15 is 0 Å². The van der Waals surface area contributed by atoms with E-state index in [1.807, 2.05) is 0 Å². The van der Waals surface area contributed by atoms with Crippen LogP contribution in [0.4, 0.5) is 8.78 Å². The molecule has 0 amide bonds. The molecule has 16 heavy (non-hydrogen) atoms. The van der Waals surface area contributed by atoms with Gasteiger partial charge >= 0.3 is 5.97 Å². The number of carboxylic acid groups (broad SMARTS) is 1. The lowest BCUT2D eigenvalue weighted by molar-refractivity contribution is -0.0561. The summed E-state index contributed by atoms with van der Waals surface area (Å²) in [7, 11) is 0. The summed E-state index contributed by atoms with van der Waals surface area (Å²) in [5, 5.41) is 17.4. The molecule has 0 aliphatic carbocycles.